The number of hydrogen-bond donors (Lipinski definition) is 1. The lowest BCUT2D eigenvalue weighted by Gasteiger charge is -2.15. The molecule has 1 aromatic rings. The van der Waals surface area contributed by atoms with E-state index < -0.39 is 10.0 Å². The third kappa shape index (κ3) is 2.88. The van der Waals surface area contributed by atoms with Gasteiger partial charge in [-0.1, -0.05) is 0 Å². The minimum atomic E-state index is -3.64. The molecule has 1 aliphatic carbocycles. The summed E-state index contributed by atoms with van der Waals surface area (Å²) in [5, 5.41) is 6.56. The Balaban J connectivity index is 2.02. The van der Waals surface area contributed by atoms with Gasteiger partial charge in [-0.3, -0.25) is 9.48 Å². The molecular formula is C10H16N4O3S. The summed E-state index contributed by atoms with van der Waals surface area (Å²) in [6, 6.07) is 0.229. The van der Waals surface area contributed by atoms with Crippen molar-refractivity contribution in [2.45, 2.75) is 23.8 Å². The summed E-state index contributed by atoms with van der Waals surface area (Å²) in [6.07, 6.45) is 4.63. The number of hydrogen-bond acceptors (Lipinski definition) is 4. The highest BCUT2D eigenvalue weighted by Crippen LogP contribution is 2.18. The summed E-state index contributed by atoms with van der Waals surface area (Å²) >= 11 is 0. The number of nitrogens with zero attached hydrogens (tertiary/aromatic N) is 3. The van der Waals surface area contributed by atoms with Crippen molar-refractivity contribution in [3.63, 3.8) is 0 Å². The van der Waals surface area contributed by atoms with Crippen LogP contribution >= 0.6 is 0 Å². The van der Waals surface area contributed by atoms with Crippen LogP contribution in [0.5, 0.6) is 0 Å². The molecule has 0 bridgehead atoms. The number of rotatable bonds is 5. The number of likely N-dealkylation sites (N-methyl/N-ethyl adjacent to an activating group) is 1. The van der Waals surface area contributed by atoms with Crippen LogP contribution in [0.4, 0.5) is 0 Å². The molecule has 7 nitrogen and oxygen atoms in total. The van der Waals surface area contributed by atoms with Crippen molar-refractivity contribution in [3.05, 3.63) is 12.4 Å². The highest BCUT2D eigenvalue weighted by Gasteiger charge is 2.27. The van der Waals surface area contributed by atoms with Crippen LogP contribution in [0.25, 0.3) is 0 Å². The molecule has 100 valence electrons. The molecule has 0 unspecified atom stereocenters. The Kier molecular flexibility index (Phi) is 3.40. The van der Waals surface area contributed by atoms with E-state index in [1.54, 1.807) is 7.05 Å². The molecule has 18 heavy (non-hydrogen) atoms. The van der Waals surface area contributed by atoms with Crippen LogP contribution < -0.4 is 5.32 Å². The van der Waals surface area contributed by atoms with Crippen LogP contribution in [0.1, 0.15) is 12.8 Å². The van der Waals surface area contributed by atoms with Gasteiger partial charge in [-0.2, -0.15) is 9.40 Å². The van der Waals surface area contributed by atoms with E-state index in [0.29, 0.717) is 0 Å². The second-order valence-corrected chi connectivity index (χ2v) is 6.50. The van der Waals surface area contributed by atoms with Gasteiger partial charge in [-0.05, 0) is 12.8 Å². The van der Waals surface area contributed by atoms with Crippen molar-refractivity contribution in [2.24, 2.45) is 7.05 Å². The topological polar surface area (TPSA) is 84.3 Å². The van der Waals surface area contributed by atoms with Crippen LogP contribution in [0.2, 0.25) is 0 Å². The summed E-state index contributed by atoms with van der Waals surface area (Å²) in [5.41, 5.74) is 0. The third-order valence-corrected chi connectivity index (χ3v) is 4.45. The molecule has 1 aliphatic rings. The minimum absolute atomic E-state index is 0.0896. The highest BCUT2D eigenvalue weighted by atomic mass is 32.2. The molecule has 0 spiro atoms. The lowest BCUT2D eigenvalue weighted by molar-refractivity contribution is -0.121. The van der Waals surface area contributed by atoms with Gasteiger partial charge in [0.05, 0.1) is 12.7 Å². The maximum atomic E-state index is 12.1. The van der Waals surface area contributed by atoms with Gasteiger partial charge in [0.15, 0.2) is 0 Å². The number of nitrogens with one attached hydrogen (secondary N) is 1. The van der Waals surface area contributed by atoms with Crippen LogP contribution in [-0.2, 0) is 21.9 Å². The molecule has 0 atom stereocenters. The normalized spacial score (nSPS) is 15.9. The molecule has 0 radical (unpaired) electrons. The van der Waals surface area contributed by atoms with Crippen molar-refractivity contribution < 1.29 is 13.2 Å². The Hall–Kier alpha value is -1.41. The van der Waals surface area contributed by atoms with E-state index in [1.165, 1.54) is 24.1 Å². The first-order chi connectivity index (χ1) is 8.39. The van der Waals surface area contributed by atoms with Crippen molar-refractivity contribution in [1.29, 1.82) is 0 Å². The number of sulfonamides is 1. The van der Waals surface area contributed by atoms with Gasteiger partial charge in [-0.15, -0.1) is 0 Å². The summed E-state index contributed by atoms with van der Waals surface area (Å²) in [5.74, 6) is -0.271. The SMILES string of the molecule is CN(CC(=O)NC1CC1)S(=O)(=O)c1cnn(C)c1. The van der Waals surface area contributed by atoms with Gasteiger partial charge in [0.1, 0.15) is 4.90 Å². The Bertz CT molecular complexity index is 547. The number of aryl methyl sites for hydroxylation is 1. The molecule has 8 heteroatoms. The molecule has 1 saturated carbocycles. The summed E-state index contributed by atoms with van der Waals surface area (Å²) < 4.78 is 26.6. The first-order valence-corrected chi connectivity index (χ1v) is 7.08. The molecule has 0 aromatic carbocycles. The molecule has 2 rings (SSSR count). The van der Waals surface area contributed by atoms with Gasteiger partial charge in [0, 0.05) is 26.3 Å². The number of aromatic nitrogens is 2. The molecule has 0 saturated heterocycles. The van der Waals surface area contributed by atoms with Crippen LogP contribution in [0, 0.1) is 0 Å². The second kappa shape index (κ2) is 4.69. The quantitative estimate of drug-likeness (QED) is 0.769. The molecular weight excluding hydrogens is 256 g/mol. The molecule has 1 fully saturated rings. The van der Waals surface area contributed by atoms with Crippen molar-refractivity contribution >= 4 is 15.9 Å². The van der Waals surface area contributed by atoms with E-state index in [4.69, 9.17) is 0 Å². The summed E-state index contributed by atoms with van der Waals surface area (Å²) in [4.78, 5) is 11.6. The van der Waals surface area contributed by atoms with Gasteiger partial charge in [0.25, 0.3) is 0 Å². The van der Waals surface area contributed by atoms with Crippen LogP contribution in [-0.4, -0.2) is 48.0 Å². The Morgan fingerprint density at radius 2 is 2.28 bits per heavy atom. The maximum absolute atomic E-state index is 12.1. The summed E-state index contributed by atoms with van der Waals surface area (Å²) in [6.45, 7) is -0.173. The van der Waals surface area contributed by atoms with E-state index in [0.717, 1.165) is 17.1 Å². The summed E-state index contributed by atoms with van der Waals surface area (Å²) in [7, 11) is -0.618. The van der Waals surface area contributed by atoms with Gasteiger partial charge in [-0.25, -0.2) is 8.42 Å². The van der Waals surface area contributed by atoms with Crippen molar-refractivity contribution in [1.82, 2.24) is 19.4 Å². The minimum Gasteiger partial charge on any atom is -0.352 e. The molecule has 1 aromatic heterocycles. The molecule has 1 amide bonds. The van der Waals surface area contributed by atoms with Crippen LogP contribution in [0.15, 0.2) is 17.3 Å². The number of amides is 1. The number of carbonyl (C=O) groups excluding carboxylic acids is 1. The second-order valence-electron chi connectivity index (χ2n) is 4.45. The first kappa shape index (κ1) is 13.0. The van der Waals surface area contributed by atoms with Gasteiger partial charge >= 0.3 is 0 Å². The van der Waals surface area contributed by atoms with Gasteiger partial charge < -0.3 is 5.32 Å². The standard InChI is InChI=1S/C10H16N4O3S/c1-13-6-9(5-11-13)18(16,17)14(2)7-10(15)12-8-3-4-8/h5-6,8H,3-4,7H2,1-2H3,(H,12,15). The zero-order chi connectivity index (χ0) is 13.3. The van der Waals surface area contributed by atoms with Crippen molar-refractivity contribution in [2.75, 3.05) is 13.6 Å². The Labute approximate surface area is 106 Å². The highest BCUT2D eigenvalue weighted by molar-refractivity contribution is 7.89. The maximum Gasteiger partial charge on any atom is 0.246 e. The fourth-order valence-corrected chi connectivity index (χ4v) is 2.61. The molecule has 0 aliphatic heterocycles. The lowest BCUT2D eigenvalue weighted by atomic mass is 10.5. The first-order valence-electron chi connectivity index (χ1n) is 5.64. The third-order valence-electron chi connectivity index (χ3n) is 2.70. The fourth-order valence-electron chi connectivity index (χ4n) is 1.50. The number of carbonyl (C=O) groups is 1. The zero-order valence-corrected chi connectivity index (χ0v) is 11.1. The van der Waals surface area contributed by atoms with E-state index in [1.807, 2.05) is 0 Å². The molecule has 1 N–H and O–H groups in total. The average Bonchev–Trinajstić information content (AvgIpc) is 2.96. The van der Waals surface area contributed by atoms with E-state index in [9.17, 15) is 13.2 Å². The van der Waals surface area contributed by atoms with Gasteiger partial charge in [0.2, 0.25) is 15.9 Å². The van der Waals surface area contributed by atoms with E-state index >= 15 is 0 Å². The predicted octanol–water partition coefficient (Wildman–Crippen LogP) is -0.681. The zero-order valence-electron chi connectivity index (χ0n) is 10.3. The van der Waals surface area contributed by atoms with Crippen molar-refractivity contribution in [3.8, 4) is 0 Å². The Morgan fingerprint density at radius 1 is 1.61 bits per heavy atom. The largest absolute Gasteiger partial charge is 0.352 e. The Morgan fingerprint density at radius 3 is 2.78 bits per heavy atom. The average molecular weight is 272 g/mol. The molecule has 1 heterocycles. The lowest BCUT2D eigenvalue weighted by Crippen LogP contribution is -2.39. The van der Waals surface area contributed by atoms with Crippen LogP contribution in [0.3, 0.4) is 0 Å². The van der Waals surface area contributed by atoms with E-state index in [-0.39, 0.29) is 23.4 Å². The monoisotopic (exact) mass is 272 g/mol. The predicted molar refractivity (Wildman–Crippen MR) is 64.2 cm³/mol. The van der Waals surface area contributed by atoms with E-state index in [2.05, 4.69) is 10.4 Å². The smallest absolute Gasteiger partial charge is 0.246 e. The fraction of sp³-hybridized carbons (Fsp3) is 0.600.